The molecule has 0 aromatic heterocycles. The number of hydrogen-bond acceptors (Lipinski definition) is 7. The van der Waals surface area contributed by atoms with E-state index in [0.29, 0.717) is 5.56 Å². The van der Waals surface area contributed by atoms with E-state index in [4.69, 9.17) is 0 Å². The standard InChI is InChI=1S/C17H16N2O8S/c1-27-17(22)13-4-2-3-5-15(13)28(25,26)18-14(16(20)21)10-11-6-8-12(9-7-11)19(23)24/h2-9,14,18H,10H2,1H3,(H,20,21)/t14-/m1/s1. The van der Waals surface area contributed by atoms with Crippen LogP contribution in [0, 0.1) is 10.1 Å². The van der Waals surface area contributed by atoms with Gasteiger partial charge in [-0.25, -0.2) is 13.2 Å². The highest BCUT2D eigenvalue weighted by molar-refractivity contribution is 7.89. The van der Waals surface area contributed by atoms with Crippen LogP contribution in [0.5, 0.6) is 0 Å². The molecule has 0 spiro atoms. The number of benzene rings is 2. The largest absolute Gasteiger partial charge is 0.480 e. The zero-order chi connectivity index (χ0) is 20.9. The summed E-state index contributed by atoms with van der Waals surface area (Å²) in [5.41, 5.74) is -0.0397. The molecule has 2 rings (SSSR count). The van der Waals surface area contributed by atoms with E-state index in [1.54, 1.807) is 0 Å². The first kappa shape index (κ1) is 21.0. The topological polar surface area (TPSA) is 153 Å². The molecule has 2 aromatic rings. The van der Waals surface area contributed by atoms with Gasteiger partial charge in [-0.3, -0.25) is 14.9 Å². The summed E-state index contributed by atoms with van der Waals surface area (Å²) < 4.78 is 31.9. The van der Waals surface area contributed by atoms with Crippen LogP contribution in [-0.4, -0.2) is 43.5 Å². The van der Waals surface area contributed by atoms with Gasteiger partial charge in [0.25, 0.3) is 5.69 Å². The number of esters is 1. The van der Waals surface area contributed by atoms with Crippen LogP contribution in [0.3, 0.4) is 0 Å². The molecule has 0 saturated carbocycles. The van der Waals surface area contributed by atoms with Crippen molar-refractivity contribution >= 4 is 27.6 Å². The van der Waals surface area contributed by atoms with E-state index < -0.39 is 37.8 Å². The lowest BCUT2D eigenvalue weighted by Gasteiger charge is -2.16. The predicted octanol–water partition coefficient (Wildman–Crippen LogP) is 1.36. The molecule has 0 unspecified atom stereocenters. The predicted molar refractivity (Wildman–Crippen MR) is 96.3 cm³/mol. The number of ether oxygens (including phenoxy) is 1. The third-order valence-electron chi connectivity index (χ3n) is 3.76. The normalized spacial score (nSPS) is 12.2. The Morgan fingerprint density at radius 3 is 2.32 bits per heavy atom. The molecule has 11 heteroatoms. The Kier molecular flexibility index (Phi) is 6.44. The van der Waals surface area contributed by atoms with E-state index in [2.05, 4.69) is 4.74 Å². The summed E-state index contributed by atoms with van der Waals surface area (Å²) in [6, 6.07) is 8.72. The molecule has 10 nitrogen and oxygen atoms in total. The second-order valence-electron chi connectivity index (χ2n) is 5.63. The Morgan fingerprint density at radius 2 is 1.79 bits per heavy atom. The molecule has 0 radical (unpaired) electrons. The molecule has 0 aliphatic heterocycles. The molecule has 0 aliphatic rings. The Bertz CT molecular complexity index is 1000. The molecule has 0 aliphatic carbocycles. The Hall–Kier alpha value is -3.31. The van der Waals surface area contributed by atoms with Gasteiger partial charge in [0.2, 0.25) is 10.0 Å². The van der Waals surface area contributed by atoms with Crippen LogP contribution in [0.4, 0.5) is 5.69 Å². The molecule has 0 saturated heterocycles. The minimum absolute atomic E-state index is 0.178. The zero-order valence-electron chi connectivity index (χ0n) is 14.6. The SMILES string of the molecule is COC(=O)c1ccccc1S(=O)(=O)N[C@H](Cc1ccc([N+](=O)[O-])cc1)C(=O)O. The number of carboxylic acids is 1. The first-order valence-corrected chi connectivity index (χ1v) is 9.30. The average molecular weight is 408 g/mol. The summed E-state index contributed by atoms with van der Waals surface area (Å²) in [5.74, 6) is -2.33. The quantitative estimate of drug-likeness (QED) is 0.377. The van der Waals surface area contributed by atoms with Gasteiger partial charge in [0.15, 0.2) is 0 Å². The Balaban J connectivity index is 2.30. The maximum atomic E-state index is 12.7. The molecule has 0 heterocycles. The van der Waals surface area contributed by atoms with Crippen molar-refractivity contribution in [3.63, 3.8) is 0 Å². The Morgan fingerprint density at radius 1 is 1.18 bits per heavy atom. The second kappa shape index (κ2) is 8.59. The van der Waals surface area contributed by atoms with Gasteiger partial charge in [-0.05, 0) is 24.1 Å². The monoisotopic (exact) mass is 408 g/mol. The number of nitrogens with one attached hydrogen (secondary N) is 1. The first-order chi connectivity index (χ1) is 13.2. The van der Waals surface area contributed by atoms with Gasteiger partial charge in [-0.1, -0.05) is 24.3 Å². The van der Waals surface area contributed by atoms with Crippen molar-refractivity contribution < 1.29 is 32.8 Å². The highest BCUT2D eigenvalue weighted by Crippen LogP contribution is 2.18. The summed E-state index contributed by atoms with van der Waals surface area (Å²) in [5, 5.41) is 20.1. The van der Waals surface area contributed by atoms with Crippen molar-refractivity contribution in [3.8, 4) is 0 Å². The zero-order valence-corrected chi connectivity index (χ0v) is 15.4. The van der Waals surface area contributed by atoms with Gasteiger partial charge in [-0.15, -0.1) is 0 Å². The molecule has 0 bridgehead atoms. The van der Waals surface area contributed by atoms with E-state index in [9.17, 15) is 33.2 Å². The first-order valence-electron chi connectivity index (χ1n) is 7.81. The van der Waals surface area contributed by atoms with Crippen LogP contribution in [0.1, 0.15) is 15.9 Å². The third-order valence-corrected chi connectivity index (χ3v) is 5.29. The number of non-ortho nitro benzene ring substituents is 1. The van der Waals surface area contributed by atoms with E-state index >= 15 is 0 Å². The Labute approximate surface area is 160 Å². The van der Waals surface area contributed by atoms with Crippen LogP contribution >= 0.6 is 0 Å². The van der Waals surface area contributed by atoms with Crippen molar-refractivity contribution in [1.29, 1.82) is 0 Å². The van der Waals surface area contributed by atoms with Crippen molar-refractivity contribution in [2.24, 2.45) is 0 Å². The minimum Gasteiger partial charge on any atom is -0.480 e. The van der Waals surface area contributed by atoms with Gasteiger partial charge in [0, 0.05) is 12.1 Å². The van der Waals surface area contributed by atoms with Crippen molar-refractivity contribution in [2.75, 3.05) is 7.11 Å². The highest BCUT2D eigenvalue weighted by atomic mass is 32.2. The molecule has 0 amide bonds. The number of sulfonamides is 1. The second-order valence-corrected chi connectivity index (χ2v) is 7.31. The molecule has 28 heavy (non-hydrogen) atoms. The lowest BCUT2D eigenvalue weighted by molar-refractivity contribution is -0.384. The summed E-state index contributed by atoms with van der Waals surface area (Å²) in [4.78, 5) is 33.0. The van der Waals surface area contributed by atoms with Gasteiger partial charge in [0.1, 0.15) is 6.04 Å². The third kappa shape index (κ3) is 4.90. The molecule has 2 N–H and O–H groups in total. The van der Waals surface area contributed by atoms with Crippen LogP contribution in [0.2, 0.25) is 0 Å². The van der Waals surface area contributed by atoms with E-state index in [0.717, 1.165) is 13.2 Å². The summed E-state index contributed by atoms with van der Waals surface area (Å²) in [6.07, 6.45) is -0.257. The fraction of sp³-hybridized carbons (Fsp3) is 0.176. The van der Waals surface area contributed by atoms with Crippen LogP contribution in [0.15, 0.2) is 53.4 Å². The number of methoxy groups -OCH3 is 1. The molecule has 1 atom stereocenters. The van der Waals surface area contributed by atoms with E-state index in [-0.39, 0.29) is 17.7 Å². The highest BCUT2D eigenvalue weighted by Gasteiger charge is 2.29. The smallest absolute Gasteiger partial charge is 0.339 e. The number of aliphatic carboxylic acids is 1. The number of rotatable bonds is 8. The van der Waals surface area contributed by atoms with Crippen LogP contribution in [0.25, 0.3) is 0 Å². The fourth-order valence-corrected chi connectivity index (χ4v) is 3.78. The number of carbonyl (C=O) groups is 2. The maximum Gasteiger partial charge on any atom is 0.339 e. The number of nitro groups is 1. The molecular weight excluding hydrogens is 392 g/mol. The van der Waals surface area contributed by atoms with Gasteiger partial charge in [0.05, 0.1) is 22.5 Å². The van der Waals surface area contributed by atoms with Crippen LogP contribution < -0.4 is 4.72 Å². The maximum absolute atomic E-state index is 12.7. The lowest BCUT2D eigenvalue weighted by Crippen LogP contribution is -2.42. The summed E-state index contributed by atoms with van der Waals surface area (Å²) >= 11 is 0. The summed E-state index contributed by atoms with van der Waals surface area (Å²) in [6.45, 7) is 0. The lowest BCUT2D eigenvalue weighted by atomic mass is 10.1. The molecule has 148 valence electrons. The van der Waals surface area contributed by atoms with Crippen molar-refractivity contribution in [3.05, 3.63) is 69.8 Å². The molecule has 0 fully saturated rings. The van der Waals surface area contributed by atoms with Crippen molar-refractivity contribution in [1.82, 2.24) is 4.72 Å². The molecular formula is C17H16N2O8S. The summed E-state index contributed by atoms with van der Waals surface area (Å²) in [7, 11) is -3.28. The number of nitro benzene ring substituents is 1. The average Bonchev–Trinajstić information content (AvgIpc) is 2.67. The van der Waals surface area contributed by atoms with Gasteiger partial charge in [-0.2, -0.15) is 4.72 Å². The van der Waals surface area contributed by atoms with Crippen molar-refractivity contribution in [2.45, 2.75) is 17.4 Å². The van der Waals surface area contributed by atoms with E-state index in [1.165, 1.54) is 42.5 Å². The minimum atomic E-state index is -4.37. The fourth-order valence-electron chi connectivity index (χ4n) is 2.40. The number of carbonyl (C=O) groups excluding carboxylic acids is 1. The van der Waals surface area contributed by atoms with Crippen LogP contribution in [-0.2, 0) is 26.0 Å². The number of carboxylic acid groups (broad SMARTS) is 1. The number of hydrogen-bond donors (Lipinski definition) is 2. The van der Waals surface area contributed by atoms with Gasteiger partial charge < -0.3 is 9.84 Å². The molecule has 2 aromatic carbocycles. The van der Waals surface area contributed by atoms with Gasteiger partial charge >= 0.3 is 11.9 Å². The van der Waals surface area contributed by atoms with E-state index in [1.807, 2.05) is 4.72 Å². The number of nitrogens with zero attached hydrogens (tertiary/aromatic N) is 1.